The Bertz CT molecular complexity index is 424. The lowest BCUT2D eigenvalue weighted by Gasteiger charge is -1.99. The molecule has 1 aromatic carbocycles. The van der Waals surface area contributed by atoms with Gasteiger partial charge in [0.1, 0.15) is 5.82 Å². The van der Waals surface area contributed by atoms with E-state index in [0.717, 1.165) is 16.5 Å². The fourth-order valence-corrected chi connectivity index (χ4v) is 1.33. The van der Waals surface area contributed by atoms with E-state index in [1.165, 1.54) is 12.1 Å². The molecule has 2 heteroatoms. The molecule has 0 unspecified atom stereocenters. The number of halogens is 1. The third-order valence-corrected chi connectivity index (χ3v) is 1.86. The standard InChI is InChI=1S/C10H8FN.C2H6/c1-7-5-9(11)6-8-3-2-4-12-10(7)8;1-2/h2-6H,1H3;1-2H3. The van der Waals surface area contributed by atoms with E-state index in [9.17, 15) is 4.39 Å². The molecule has 0 amide bonds. The molecule has 1 nitrogen and oxygen atoms in total. The fourth-order valence-electron chi connectivity index (χ4n) is 1.33. The van der Waals surface area contributed by atoms with Gasteiger partial charge in [-0.1, -0.05) is 19.9 Å². The first kappa shape index (κ1) is 10.6. The summed E-state index contributed by atoms with van der Waals surface area (Å²) in [5, 5.41) is 0.856. The number of pyridine rings is 1. The molecule has 0 aliphatic rings. The van der Waals surface area contributed by atoms with Crippen molar-refractivity contribution in [1.29, 1.82) is 0 Å². The Morgan fingerprint density at radius 3 is 2.64 bits per heavy atom. The molecular formula is C12H14FN. The molecule has 0 bridgehead atoms. The van der Waals surface area contributed by atoms with Crippen LogP contribution in [0.1, 0.15) is 19.4 Å². The Hall–Kier alpha value is -1.44. The first-order valence-electron chi connectivity index (χ1n) is 4.78. The molecule has 0 saturated carbocycles. The molecule has 0 N–H and O–H groups in total. The number of aromatic nitrogens is 1. The van der Waals surface area contributed by atoms with Crippen LogP contribution in [0.25, 0.3) is 10.9 Å². The zero-order chi connectivity index (χ0) is 10.6. The van der Waals surface area contributed by atoms with Crippen molar-refractivity contribution in [2.24, 2.45) is 0 Å². The molecule has 2 aromatic rings. The summed E-state index contributed by atoms with van der Waals surface area (Å²) in [6, 6.07) is 6.66. The van der Waals surface area contributed by atoms with Crippen LogP contribution in [0.5, 0.6) is 0 Å². The molecule has 1 heterocycles. The van der Waals surface area contributed by atoms with Crippen molar-refractivity contribution in [3.63, 3.8) is 0 Å². The van der Waals surface area contributed by atoms with Gasteiger partial charge >= 0.3 is 0 Å². The molecule has 0 spiro atoms. The van der Waals surface area contributed by atoms with E-state index < -0.39 is 0 Å². The summed E-state index contributed by atoms with van der Waals surface area (Å²) in [6.45, 7) is 5.86. The zero-order valence-corrected chi connectivity index (χ0v) is 8.71. The first-order valence-corrected chi connectivity index (χ1v) is 4.78. The van der Waals surface area contributed by atoms with Gasteiger partial charge in [0.05, 0.1) is 5.52 Å². The number of hydrogen-bond donors (Lipinski definition) is 0. The van der Waals surface area contributed by atoms with Crippen molar-refractivity contribution in [1.82, 2.24) is 4.98 Å². The lowest BCUT2D eigenvalue weighted by molar-refractivity contribution is 0.628. The molecule has 0 aliphatic carbocycles. The number of fused-ring (bicyclic) bond motifs is 1. The van der Waals surface area contributed by atoms with E-state index >= 15 is 0 Å². The van der Waals surface area contributed by atoms with E-state index in [2.05, 4.69) is 4.98 Å². The van der Waals surface area contributed by atoms with Gasteiger partial charge in [-0.05, 0) is 30.7 Å². The second-order valence-electron chi connectivity index (χ2n) is 2.80. The van der Waals surface area contributed by atoms with Gasteiger partial charge in [-0.3, -0.25) is 4.98 Å². The van der Waals surface area contributed by atoms with Gasteiger partial charge in [-0.15, -0.1) is 0 Å². The van der Waals surface area contributed by atoms with Gasteiger partial charge in [0.15, 0.2) is 0 Å². The van der Waals surface area contributed by atoms with Crippen molar-refractivity contribution in [2.45, 2.75) is 20.8 Å². The number of benzene rings is 1. The summed E-state index contributed by atoms with van der Waals surface area (Å²) >= 11 is 0. The van der Waals surface area contributed by atoms with Gasteiger partial charge in [-0.25, -0.2) is 4.39 Å². The van der Waals surface area contributed by atoms with Crippen molar-refractivity contribution < 1.29 is 4.39 Å². The predicted octanol–water partition coefficient (Wildman–Crippen LogP) is 3.71. The van der Waals surface area contributed by atoms with Gasteiger partial charge in [0, 0.05) is 11.6 Å². The Labute approximate surface area is 83.6 Å². The number of nitrogens with zero attached hydrogens (tertiary/aromatic N) is 1. The van der Waals surface area contributed by atoms with E-state index in [-0.39, 0.29) is 5.82 Å². The molecule has 14 heavy (non-hydrogen) atoms. The monoisotopic (exact) mass is 191 g/mol. The summed E-state index contributed by atoms with van der Waals surface area (Å²) in [4.78, 5) is 4.16. The van der Waals surface area contributed by atoms with E-state index in [1.54, 1.807) is 12.3 Å². The number of rotatable bonds is 0. The third-order valence-electron chi connectivity index (χ3n) is 1.86. The fraction of sp³-hybridized carbons (Fsp3) is 0.250. The summed E-state index contributed by atoms with van der Waals surface area (Å²) in [5.74, 6) is -0.201. The molecule has 0 fully saturated rings. The molecule has 0 atom stereocenters. The summed E-state index contributed by atoms with van der Waals surface area (Å²) in [6.07, 6.45) is 1.72. The highest BCUT2D eigenvalue weighted by Crippen LogP contribution is 2.16. The minimum atomic E-state index is -0.201. The van der Waals surface area contributed by atoms with Gasteiger partial charge < -0.3 is 0 Å². The quantitative estimate of drug-likeness (QED) is 0.618. The SMILES string of the molecule is CC.Cc1cc(F)cc2cccnc12. The largest absolute Gasteiger partial charge is 0.256 e. The van der Waals surface area contributed by atoms with Crippen LogP contribution in [-0.4, -0.2) is 4.98 Å². The molecule has 0 radical (unpaired) electrons. The molecule has 74 valence electrons. The van der Waals surface area contributed by atoms with Crippen molar-refractivity contribution in [3.05, 3.63) is 41.8 Å². The van der Waals surface area contributed by atoms with E-state index in [1.807, 2.05) is 26.8 Å². The predicted molar refractivity (Wildman–Crippen MR) is 57.8 cm³/mol. The summed E-state index contributed by atoms with van der Waals surface area (Å²) < 4.78 is 12.9. The number of hydrogen-bond acceptors (Lipinski definition) is 1. The smallest absolute Gasteiger partial charge is 0.124 e. The molecule has 1 aromatic heterocycles. The maximum atomic E-state index is 12.9. The molecular weight excluding hydrogens is 177 g/mol. The van der Waals surface area contributed by atoms with Crippen LogP contribution in [0.4, 0.5) is 4.39 Å². The van der Waals surface area contributed by atoms with Crippen molar-refractivity contribution in [2.75, 3.05) is 0 Å². The number of aryl methyl sites for hydroxylation is 1. The van der Waals surface area contributed by atoms with Crippen molar-refractivity contribution >= 4 is 10.9 Å². The highest BCUT2D eigenvalue weighted by Gasteiger charge is 1.99. The molecule has 0 saturated heterocycles. The molecule has 2 rings (SSSR count). The van der Waals surface area contributed by atoms with E-state index in [0.29, 0.717) is 0 Å². The minimum absolute atomic E-state index is 0.201. The van der Waals surface area contributed by atoms with Crippen LogP contribution in [0.3, 0.4) is 0 Å². The lowest BCUT2D eigenvalue weighted by atomic mass is 10.1. The Balaban J connectivity index is 0.000000461. The topological polar surface area (TPSA) is 12.9 Å². The summed E-state index contributed by atoms with van der Waals surface area (Å²) in [7, 11) is 0. The van der Waals surface area contributed by atoms with E-state index in [4.69, 9.17) is 0 Å². The average Bonchev–Trinajstić information content (AvgIpc) is 2.20. The maximum absolute atomic E-state index is 12.9. The molecule has 0 aliphatic heterocycles. The Kier molecular flexibility index (Phi) is 3.57. The second-order valence-corrected chi connectivity index (χ2v) is 2.80. The summed E-state index contributed by atoms with van der Waals surface area (Å²) in [5.41, 5.74) is 1.75. The van der Waals surface area contributed by atoms with Crippen LogP contribution in [0, 0.1) is 12.7 Å². The minimum Gasteiger partial charge on any atom is -0.256 e. The van der Waals surface area contributed by atoms with Gasteiger partial charge in [-0.2, -0.15) is 0 Å². The second kappa shape index (κ2) is 4.70. The Morgan fingerprint density at radius 2 is 1.93 bits per heavy atom. The van der Waals surface area contributed by atoms with Crippen LogP contribution < -0.4 is 0 Å². The third kappa shape index (κ3) is 2.08. The van der Waals surface area contributed by atoms with Gasteiger partial charge in [0.2, 0.25) is 0 Å². The van der Waals surface area contributed by atoms with Crippen LogP contribution in [0.2, 0.25) is 0 Å². The average molecular weight is 191 g/mol. The van der Waals surface area contributed by atoms with Crippen LogP contribution >= 0.6 is 0 Å². The lowest BCUT2D eigenvalue weighted by Crippen LogP contribution is -1.84. The van der Waals surface area contributed by atoms with Gasteiger partial charge in [0.25, 0.3) is 0 Å². The highest BCUT2D eigenvalue weighted by molar-refractivity contribution is 5.81. The normalized spacial score (nSPS) is 9.43. The first-order chi connectivity index (χ1) is 6.77. The van der Waals surface area contributed by atoms with Crippen LogP contribution in [0.15, 0.2) is 30.5 Å². The highest BCUT2D eigenvalue weighted by atomic mass is 19.1. The Morgan fingerprint density at radius 1 is 1.21 bits per heavy atom. The van der Waals surface area contributed by atoms with Crippen LogP contribution in [-0.2, 0) is 0 Å². The van der Waals surface area contributed by atoms with Crippen molar-refractivity contribution in [3.8, 4) is 0 Å². The zero-order valence-electron chi connectivity index (χ0n) is 8.71. The maximum Gasteiger partial charge on any atom is 0.124 e.